The fourth-order valence-corrected chi connectivity index (χ4v) is 3.67. The van der Waals surface area contributed by atoms with Crippen LogP contribution in [0.4, 0.5) is 0 Å². The van der Waals surface area contributed by atoms with E-state index in [1.54, 1.807) is 10.7 Å². The average molecular weight is 439 g/mol. The molecule has 2 heterocycles. The Morgan fingerprint density at radius 1 is 1.18 bits per heavy atom. The number of esters is 1. The summed E-state index contributed by atoms with van der Waals surface area (Å²) in [7, 11) is 1.36. The largest absolute Gasteiger partial charge is 0.464 e. The summed E-state index contributed by atoms with van der Waals surface area (Å²) >= 11 is 3.58. The third-order valence-corrected chi connectivity index (χ3v) is 5.23. The zero-order chi connectivity index (χ0) is 19.7. The first-order chi connectivity index (χ1) is 13.6. The average Bonchev–Trinajstić information content (AvgIpc) is 3.32. The van der Waals surface area contributed by atoms with Crippen LogP contribution in [0.2, 0.25) is 0 Å². The lowest BCUT2D eigenvalue weighted by Gasteiger charge is -2.10. The smallest absolute Gasteiger partial charge is 0.358 e. The van der Waals surface area contributed by atoms with Gasteiger partial charge in [-0.2, -0.15) is 10.2 Å². The number of aryl methyl sites for hydroxylation is 1. The second-order valence-corrected chi connectivity index (χ2v) is 7.27. The van der Waals surface area contributed by atoms with E-state index in [0.717, 1.165) is 45.3 Å². The molecular weight excluding hydrogens is 420 g/mol. The van der Waals surface area contributed by atoms with Gasteiger partial charge >= 0.3 is 5.97 Å². The quantitative estimate of drug-likeness (QED) is 0.417. The molecule has 0 saturated carbocycles. The van der Waals surface area contributed by atoms with E-state index in [0.29, 0.717) is 0 Å². The SMILES string of the molecule is CCCn1ncc2ccc(-c3cc(C(=O)OC)nn3-c3ccccc3Br)cc21. The number of benzene rings is 2. The fourth-order valence-electron chi connectivity index (χ4n) is 3.22. The van der Waals surface area contributed by atoms with Crippen molar-refractivity contribution in [1.29, 1.82) is 0 Å². The van der Waals surface area contributed by atoms with Crippen molar-refractivity contribution in [3.63, 3.8) is 0 Å². The summed E-state index contributed by atoms with van der Waals surface area (Å²) < 4.78 is 9.52. The number of hydrogen-bond acceptors (Lipinski definition) is 4. The molecule has 0 fully saturated rings. The van der Waals surface area contributed by atoms with Crippen LogP contribution in [-0.4, -0.2) is 32.6 Å². The molecule has 0 N–H and O–H groups in total. The summed E-state index contributed by atoms with van der Waals surface area (Å²) in [6.45, 7) is 2.98. The maximum Gasteiger partial charge on any atom is 0.358 e. The highest BCUT2D eigenvalue weighted by molar-refractivity contribution is 9.10. The molecule has 0 spiro atoms. The lowest BCUT2D eigenvalue weighted by atomic mass is 10.1. The van der Waals surface area contributed by atoms with Gasteiger partial charge in [0.2, 0.25) is 0 Å². The topological polar surface area (TPSA) is 61.9 Å². The number of methoxy groups -OCH3 is 1. The number of aromatic nitrogens is 4. The number of carbonyl (C=O) groups is 1. The van der Waals surface area contributed by atoms with E-state index in [1.807, 2.05) is 47.3 Å². The molecule has 2 aromatic carbocycles. The normalized spacial score (nSPS) is 11.1. The molecule has 4 rings (SSSR count). The van der Waals surface area contributed by atoms with Crippen molar-refractivity contribution in [2.24, 2.45) is 0 Å². The predicted octanol–water partition coefficient (Wildman–Crippen LogP) is 4.85. The van der Waals surface area contributed by atoms with Gasteiger partial charge in [-0.3, -0.25) is 4.68 Å². The zero-order valence-electron chi connectivity index (χ0n) is 15.6. The summed E-state index contributed by atoms with van der Waals surface area (Å²) in [5, 5.41) is 10.1. The second-order valence-electron chi connectivity index (χ2n) is 6.41. The highest BCUT2D eigenvalue weighted by atomic mass is 79.9. The van der Waals surface area contributed by atoms with Crippen LogP contribution >= 0.6 is 15.9 Å². The fraction of sp³-hybridized carbons (Fsp3) is 0.190. The maximum atomic E-state index is 12.1. The summed E-state index contributed by atoms with van der Waals surface area (Å²) in [6.07, 6.45) is 2.88. The van der Waals surface area contributed by atoms with Crippen LogP contribution in [0.3, 0.4) is 0 Å². The van der Waals surface area contributed by atoms with Crippen LogP contribution in [0.5, 0.6) is 0 Å². The van der Waals surface area contributed by atoms with Crippen LogP contribution in [0, 0.1) is 0 Å². The first-order valence-electron chi connectivity index (χ1n) is 9.01. The Morgan fingerprint density at radius 2 is 2.00 bits per heavy atom. The molecule has 0 aliphatic rings. The third-order valence-electron chi connectivity index (χ3n) is 4.56. The van der Waals surface area contributed by atoms with Crippen molar-refractivity contribution in [1.82, 2.24) is 19.6 Å². The van der Waals surface area contributed by atoms with E-state index in [4.69, 9.17) is 4.74 Å². The third kappa shape index (κ3) is 3.22. The molecule has 7 heteroatoms. The molecule has 4 aromatic rings. The van der Waals surface area contributed by atoms with E-state index in [1.165, 1.54) is 7.11 Å². The minimum atomic E-state index is -0.468. The molecule has 2 aromatic heterocycles. The molecule has 0 aliphatic heterocycles. The van der Waals surface area contributed by atoms with Gasteiger partial charge < -0.3 is 4.74 Å². The van der Waals surface area contributed by atoms with Crippen molar-refractivity contribution in [2.45, 2.75) is 19.9 Å². The second kappa shape index (κ2) is 7.59. The Bertz CT molecular complexity index is 1160. The van der Waals surface area contributed by atoms with Crippen LogP contribution < -0.4 is 0 Å². The molecule has 6 nitrogen and oxygen atoms in total. The van der Waals surface area contributed by atoms with Gasteiger partial charge in [0.05, 0.1) is 30.2 Å². The number of ether oxygens (including phenoxy) is 1. The van der Waals surface area contributed by atoms with Crippen molar-refractivity contribution in [3.05, 3.63) is 64.9 Å². The van der Waals surface area contributed by atoms with Gasteiger partial charge in [-0.05, 0) is 46.6 Å². The molecule has 0 bridgehead atoms. The summed E-state index contributed by atoms with van der Waals surface area (Å²) in [5.74, 6) is -0.468. The molecule has 0 saturated heterocycles. The number of fused-ring (bicyclic) bond motifs is 1. The number of carbonyl (C=O) groups excluding carboxylic acids is 1. The Labute approximate surface area is 170 Å². The number of hydrogen-bond donors (Lipinski definition) is 0. The van der Waals surface area contributed by atoms with Gasteiger partial charge in [-0.25, -0.2) is 9.48 Å². The van der Waals surface area contributed by atoms with Gasteiger partial charge in [0.25, 0.3) is 0 Å². The Hall–Kier alpha value is -2.93. The van der Waals surface area contributed by atoms with Crippen LogP contribution in [0.25, 0.3) is 27.8 Å². The lowest BCUT2D eigenvalue weighted by Crippen LogP contribution is -2.05. The molecule has 0 radical (unpaired) electrons. The number of nitrogens with zero attached hydrogens (tertiary/aromatic N) is 4. The van der Waals surface area contributed by atoms with Gasteiger partial charge in [0.15, 0.2) is 5.69 Å². The monoisotopic (exact) mass is 438 g/mol. The Morgan fingerprint density at radius 3 is 2.75 bits per heavy atom. The zero-order valence-corrected chi connectivity index (χ0v) is 17.2. The summed E-state index contributed by atoms with van der Waals surface area (Å²) in [6, 6.07) is 15.7. The first kappa shape index (κ1) is 18.4. The van der Waals surface area contributed by atoms with Crippen LogP contribution in [-0.2, 0) is 11.3 Å². The first-order valence-corrected chi connectivity index (χ1v) is 9.81. The van der Waals surface area contributed by atoms with Crippen molar-refractivity contribution < 1.29 is 9.53 Å². The van der Waals surface area contributed by atoms with Crippen molar-refractivity contribution in [3.8, 4) is 16.9 Å². The van der Waals surface area contributed by atoms with Gasteiger partial charge in [-0.15, -0.1) is 0 Å². The van der Waals surface area contributed by atoms with E-state index < -0.39 is 5.97 Å². The van der Waals surface area contributed by atoms with Gasteiger partial charge in [0.1, 0.15) is 0 Å². The number of rotatable bonds is 5. The van der Waals surface area contributed by atoms with E-state index in [-0.39, 0.29) is 5.69 Å². The Kier molecular flexibility index (Phi) is 5.00. The van der Waals surface area contributed by atoms with E-state index >= 15 is 0 Å². The standard InChI is InChI=1S/C21H19BrN4O2/c1-3-10-25-19-11-14(8-9-15(19)13-23-25)20-12-17(21(27)28-2)24-26(20)18-7-5-4-6-16(18)22/h4-9,11-13H,3,10H2,1-2H3. The summed E-state index contributed by atoms with van der Waals surface area (Å²) in [4.78, 5) is 12.1. The molecule has 0 atom stereocenters. The van der Waals surface area contributed by atoms with Gasteiger partial charge in [0, 0.05) is 22.0 Å². The maximum absolute atomic E-state index is 12.1. The minimum Gasteiger partial charge on any atom is -0.464 e. The molecular formula is C21H19BrN4O2. The van der Waals surface area contributed by atoms with Crippen molar-refractivity contribution in [2.75, 3.05) is 7.11 Å². The van der Waals surface area contributed by atoms with Crippen molar-refractivity contribution >= 4 is 32.8 Å². The lowest BCUT2D eigenvalue weighted by molar-refractivity contribution is 0.0593. The molecule has 28 heavy (non-hydrogen) atoms. The number of halogens is 1. The van der Waals surface area contributed by atoms with Gasteiger partial charge in [-0.1, -0.05) is 31.2 Å². The number of para-hydroxylation sites is 1. The highest BCUT2D eigenvalue weighted by Gasteiger charge is 2.19. The minimum absolute atomic E-state index is 0.260. The molecule has 0 amide bonds. The van der Waals surface area contributed by atoms with Crippen LogP contribution in [0.15, 0.2) is 59.2 Å². The predicted molar refractivity (Wildman–Crippen MR) is 112 cm³/mol. The summed E-state index contributed by atoms with van der Waals surface area (Å²) in [5.41, 5.74) is 3.91. The molecule has 142 valence electrons. The van der Waals surface area contributed by atoms with E-state index in [9.17, 15) is 4.79 Å². The Balaban J connectivity index is 1.92. The molecule has 0 unspecified atom stereocenters. The van der Waals surface area contributed by atoms with E-state index in [2.05, 4.69) is 39.1 Å². The highest BCUT2D eigenvalue weighted by Crippen LogP contribution is 2.30. The van der Waals surface area contributed by atoms with Crippen LogP contribution in [0.1, 0.15) is 23.8 Å². The molecule has 0 aliphatic carbocycles.